The zero-order chi connectivity index (χ0) is 23.1. The Labute approximate surface area is 201 Å². The van der Waals surface area contributed by atoms with E-state index in [2.05, 4.69) is 91.5 Å². The van der Waals surface area contributed by atoms with Crippen molar-refractivity contribution in [2.45, 2.75) is 64.7 Å². The van der Waals surface area contributed by atoms with Gasteiger partial charge in [-0.3, -0.25) is 0 Å². The Kier molecular flexibility index (Phi) is 4.28. The van der Waals surface area contributed by atoms with Crippen molar-refractivity contribution in [2.75, 3.05) is 0 Å². The molecular formula is C32H33N2+. The van der Waals surface area contributed by atoms with Gasteiger partial charge >= 0.3 is 0 Å². The van der Waals surface area contributed by atoms with Gasteiger partial charge < -0.3 is 4.40 Å². The highest BCUT2D eigenvalue weighted by Crippen LogP contribution is 2.43. The van der Waals surface area contributed by atoms with Crippen molar-refractivity contribution >= 4 is 49.0 Å². The summed E-state index contributed by atoms with van der Waals surface area (Å²) in [5.74, 6) is 1.20. The van der Waals surface area contributed by atoms with E-state index in [1.165, 1.54) is 97.8 Å². The van der Waals surface area contributed by atoms with Gasteiger partial charge in [0, 0.05) is 16.8 Å². The molecule has 0 spiro atoms. The van der Waals surface area contributed by atoms with E-state index < -0.39 is 0 Å². The van der Waals surface area contributed by atoms with Crippen LogP contribution in [0.25, 0.3) is 49.0 Å². The van der Waals surface area contributed by atoms with Crippen molar-refractivity contribution in [1.29, 1.82) is 0 Å². The van der Waals surface area contributed by atoms with E-state index in [9.17, 15) is 0 Å². The Hall–Kier alpha value is -3.13. The second kappa shape index (κ2) is 7.18. The molecule has 0 bridgehead atoms. The molecular weight excluding hydrogens is 412 g/mol. The lowest BCUT2D eigenvalue weighted by Gasteiger charge is -2.23. The molecule has 3 heterocycles. The van der Waals surface area contributed by atoms with Crippen LogP contribution >= 0.6 is 0 Å². The Morgan fingerprint density at radius 3 is 2.44 bits per heavy atom. The SMILES string of the molecule is Cc1ccc2c3ccc(C(C)C)cc3n3c4cc(C5CCCCC5)cc5cc[n+](C)c(c1c23)c54. The molecule has 0 aliphatic heterocycles. The average Bonchev–Trinajstić information content (AvgIpc) is 3.19. The zero-order valence-electron chi connectivity index (χ0n) is 20.8. The maximum Gasteiger partial charge on any atom is 0.224 e. The van der Waals surface area contributed by atoms with Gasteiger partial charge in [-0.05, 0) is 65.8 Å². The summed E-state index contributed by atoms with van der Waals surface area (Å²) in [7, 11) is 2.21. The number of aryl methyl sites for hydroxylation is 2. The van der Waals surface area contributed by atoms with E-state index in [1.54, 1.807) is 0 Å². The summed E-state index contributed by atoms with van der Waals surface area (Å²) >= 11 is 0. The molecule has 7 rings (SSSR count). The summed E-state index contributed by atoms with van der Waals surface area (Å²) in [4.78, 5) is 0. The summed E-state index contributed by atoms with van der Waals surface area (Å²) in [6.07, 6.45) is 9.04. The van der Waals surface area contributed by atoms with Gasteiger partial charge in [0.1, 0.15) is 7.05 Å². The molecule has 6 aromatic rings. The van der Waals surface area contributed by atoms with Crippen molar-refractivity contribution in [3.8, 4) is 0 Å². The van der Waals surface area contributed by atoms with Crippen molar-refractivity contribution in [1.82, 2.24) is 4.40 Å². The van der Waals surface area contributed by atoms with Gasteiger partial charge in [0.05, 0.1) is 27.3 Å². The van der Waals surface area contributed by atoms with Crippen LogP contribution in [0.5, 0.6) is 0 Å². The maximum atomic E-state index is 2.61. The number of hydrogen-bond donors (Lipinski definition) is 0. The second-order valence-corrected chi connectivity index (χ2v) is 11.0. The lowest BCUT2D eigenvalue weighted by Crippen LogP contribution is -2.29. The van der Waals surface area contributed by atoms with Crippen molar-refractivity contribution in [2.24, 2.45) is 7.05 Å². The molecule has 1 saturated carbocycles. The first-order chi connectivity index (χ1) is 16.5. The van der Waals surface area contributed by atoms with Crippen molar-refractivity contribution in [3.05, 3.63) is 71.4 Å². The van der Waals surface area contributed by atoms with Crippen molar-refractivity contribution < 1.29 is 4.57 Å². The zero-order valence-corrected chi connectivity index (χ0v) is 20.8. The third-order valence-electron chi connectivity index (χ3n) is 8.62. The Bertz CT molecular complexity index is 1730. The number of benzene rings is 3. The fraction of sp³-hybridized carbons (Fsp3) is 0.344. The topological polar surface area (TPSA) is 8.29 Å². The molecule has 3 aromatic carbocycles. The number of fused-ring (bicyclic) bond motifs is 5. The maximum absolute atomic E-state index is 2.61. The smallest absolute Gasteiger partial charge is 0.224 e. The second-order valence-electron chi connectivity index (χ2n) is 11.0. The third-order valence-corrected chi connectivity index (χ3v) is 8.62. The van der Waals surface area contributed by atoms with E-state index in [-0.39, 0.29) is 0 Å². The monoisotopic (exact) mass is 445 g/mol. The number of pyridine rings is 2. The highest BCUT2D eigenvalue weighted by Gasteiger charge is 2.26. The normalized spacial score (nSPS) is 15.8. The van der Waals surface area contributed by atoms with E-state index in [4.69, 9.17) is 0 Å². The summed E-state index contributed by atoms with van der Waals surface area (Å²) in [5, 5.41) is 6.92. The Morgan fingerprint density at radius 1 is 0.853 bits per heavy atom. The molecule has 0 N–H and O–H groups in total. The van der Waals surface area contributed by atoms with Gasteiger partial charge in [0.15, 0.2) is 6.20 Å². The van der Waals surface area contributed by atoms with E-state index in [1.807, 2.05) is 0 Å². The summed E-state index contributed by atoms with van der Waals surface area (Å²) in [5.41, 5.74) is 9.78. The van der Waals surface area contributed by atoms with Crippen LogP contribution < -0.4 is 4.57 Å². The highest BCUT2D eigenvalue weighted by molar-refractivity contribution is 6.25. The molecule has 1 fully saturated rings. The van der Waals surface area contributed by atoms with E-state index in [0.29, 0.717) is 11.8 Å². The first-order valence-corrected chi connectivity index (χ1v) is 13.1. The quantitative estimate of drug-likeness (QED) is 0.144. The average molecular weight is 446 g/mol. The van der Waals surface area contributed by atoms with Crippen LogP contribution in [0.3, 0.4) is 0 Å². The fourth-order valence-electron chi connectivity index (χ4n) is 6.78. The first-order valence-electron chi connectivity index (χ1n) is 13.1. The molecule has 170 valence electrons. The molecule has 2 nitrogen and oxygen atoms in total. The number of aromatic nitrogens is 2. The lowest BCUT2D eigenvalue weighted by molar-refractivity contribution is -0.643. The van der Waals surface area contributed by atoms with Gasteiger partial charge in [-0.1, -0.05) is 63.4 Å². The minimum absolute atomic E-state index is 0.513. The molecule has 1 aliphatic rings. The van der Waals surface area contributed by atoms with E-state index >= 15 is 0 Å². The minimum atomic E-state index is 0.513. The molecule has 0 atom stereocenters. The van der Waals surface area contributed by atoms with Crippen LogP contribution in [0.2, 0.25) is 0 Å². The van der Waals surface area contributed by atoms with Crippen molar-refractivity contribution in [3.63, 3.8) is 0 Å². The van der Waals surface area contributed by atoms with Crippen LogP contribution in [0.15, 0.2) is 54.7 Å². The predicted octanol–water partition coefficient (Wildman–Crippen LogP) is 8.29. The molecule has 0 saturated heterocycles. The number of nitrogens with zero attached hydrogens (tertiary/aromatic N) is 2. The number of hydrogen-bond acceptors (Lipinski definition) is 0. The van der Waals surface area contributed by atoms with Crippen LogP contribution in [-0.4, -0.2) is 4.40 Å². The van der Waals surface area contributed by atoms with E-state index in [0.717, 1.165) is 0 Å². The van der Waals surface area contributed by atoms with Gasteiger partial charge in [0.2, 0.25) is 5.52 Å². The first kappa shape index (κ1) is 20.3. The molecule has 3 aromatic heterocycles. The molecule has 34 heavy (non-hydrogen) atoms. The van der Waals surface area contributed by atoms with Gasteiger partial charge in [-0.2, -0.15) is 0 Å². The summed E-state index contributed by atoms with van der Waals surface area (Å²) < 4.78 is 4.95. The van der Waals surface area contributed by atoms with Gasteiger partial charge in [-0.25, -0.2) is 4.57 Å². The molecule has 0 radical (unpaired) electrons. The standard InChI is InChI=1S/C32H33N2/c1-19(2)22-11-13-25-26-12-10-20(3)29-31(26)34(27(25)17-22)28-18-24(21-8-6-5-7-9-21)16-23-14-15-33(4)32(29)30(23)28/h10-19,21H,5-9H2,1-4H3/q+1. The molecule has 1 aliphatic carbocycles. The van der Waals surface area contributed by atoms with Crippen LogP contribution in [0, 0.1) is 6.92 Å². The third kappa shape index (κ3) is 2.66. The summed E-state index contributed by atoms with van der Waals surface area (Å²) in [6, 6.07) is 19.2. The number of rotatable bonds is 2. The molecule has 0 unspecified atom stereocenters. The summed E-state index contributed by atoms with van der Waals surface area (Å²) in [6.45, 7) is 6.87. The minimum Gasteiger partial charge on any atom is -0.307 e. The Balaban J connectivity index is 1.75. The fourth-order valence-corrected chi connectivity index (χ4v) is 6.78. The van der Waals surface area contributed by atoms with Gasteiger partial charge in [-0.15, -0.1) is 0 Å². The lowest BCUT2D eigenvalue weighted by atomic mass is 9.83. The Morgan fingerprint density at radius 2 is 1.65 bits per heavy atom. The van der Waals surface area contributed by atoms with Crippen LogP contribution in [-0.2, 0) is 7.05 Å². The molecule has 0 amide bonds. The highest BCUT2D eigenvalue weighted by atomic mass is 15.0. The van der Waals surface area contributed by atoms with Crippen LogP contribution in [0.4, 0.5) is 0 Å². The predicted molar refractivity (Wildman–Crippen MR) is 144 cm³/mol. The van der Waals surface area contributed by atoms with Gasteiger partial charge in [0.25, 0.3) is 0 Å². The largest absolute Gasteiger partial charge is 0.307 e. The molecule has 2 heteroatoms. The van der Waals surface area contributed by atoms with Crippen LogP contribution in [0.1, 0.15) is 74.5 Å².